The molecule has 9 heteroatoms. The molecule has 0 aliphatic carbocycles. The molecule has 0 bridgehead atoms. The monoisotopic (exact) mass is 510 g/mol. The Morgan fingerprint density at radius 2 is 1.71 bits per heavy atom. The number of nitrogens with one attached hydrogen (secondary N) is 1. The van der Waals surface area contributed by atoms with Crippen molar-refractivity contribution in [2.75, 3.05) is 19.5 Å². The van der Waals surface area contributed by atoms with Crippen molar-refractivity contribution in [2.24, 2.45) is 0 Å². The van der Waals surface area contributed by atoms with Crippen molar-refractivity contribution in [3.8, 4) is 23.3 Å². The molecule has 0 atom stereocenters. The number of nitriles is 1. The largest absolute Gasteiger partial charge is 0.497 e. The molecular formula is C26H20Cl2N2O5. The molecule has 0 saturated carbocycles. The average Bonchev–Trinajstić information content (AvgIpc) is 2.86. The first-order valence-corrected chi connectivity index (χ1v) is 10.9. The summed E-state index contributed by atoms with van der Waals surface area (Å²) >= 11 is 12.5. The Labute approximate surface area is 212 Å². The molecule has 0 aromatic heterocycles. The fourth-order valence-corrected chi connectivity index (χ4v) is 3.61. The maximum atomic E-state index is 12.7. The quantitative estimate of drug-likeness (QED) is 0.179. The van der Waals surface area contributed by atoms with Crippen molar-refractivity contribution in [3.63, 3.8) is 0 Å². The number of carbonyl (C=O) groups excluding carboxylic acids is 2. The van der Waals surface area contributed by atoms with Crippen molar-refractivity contribution in [1.82, 2.24) is 0 Å². The van der Waals surface area contributed by atoms with Gasteiger partial charge in [0.1, 0.15) is 17.4 Å². The van der Waals surface area contributed by atoms with E-state index in [4.69, 9.17) is 37.4 Å². The van der Waals surface area contributed by atoms with E-state index >= 15 is 0 Å². The third-order valence-corrected chi connectivity index (χ3v) is 5.50. The zero-order valence-electron chi connectivity index (χ0n) is 19.0. The van der Waals surface area contributed by atoms with Gasteiger partial charge in [-0.2, -0.15) is 5.26 Å². The van der Waals surface area contributed by atoms with Crippen LogP contribution in [0.1, 0.15) is 21.5 Å². The van der Waals surface area contributed by atoms with Crippen LogP contribution in [0.5, 0.6) is 17.2 Å². The molecule has 0 radical (unpaired) electrons. The maximum Gasteiger partial charge on any atom is 0.343 e. The minimum atomic E-state index is -0.650. The van der Waals surface area contributed by atoms with E-state index in [0.717, 1.165) is 5.56 Å². The van der Waals surface area contributed by atoms with E-state index in [0.29, 0.717) is 22.0 Å². The SMILES string of the molecule is COc1ccc(C(=O)Oc2c(Cl)cc(/C=C(\C#N)C(=O)Nc3c(C)cccc3Cl)cc2OC)cc1. The van der Waals surface area contributed by atoms with Gasteiger partial charge in [-0.3, -0.25) is 4.79 Å². The molecule has 7 nitrogen and oxygen atoms in total. The molecule has 0 unspecified atom stereocenters. The summed E-state index contributed by atoms with van der Waals surface area (Å²) in [4.78, 5) is 25.3. The van der Waals surface area contributed by atoms with Crippen LogP contribution in [0.3, 0.4) is 0 Å². The number of amides is 1. The van der Waals surface area contributed by atoms with E-state index < -0.39 is 11.9 Å². The summed E-state index contributed by atoms with van der Waals surface area (Å²) in [6.07, 6.45) is 1.34. The van der Waals surface area contributed by atoms with Crippen molar-refractivity contribution in [1.29, 1.82) is 5.26 Å². The predicted molar refractivity (Wildman–Crippen MR) is 134 cm³/mol. The number of hydrogen-bond donors (Lipinski definition) is 1. The van der Waals surface area contributed by atoms with Crippen molar-refractivity contribution < 1.29 is 23.8 Å². The van der Waals surface area contributed by atoms with Crippen LogP contribution in [0.2, 0.25) is 10.0 Å². The molecule has 1 N–H and O–H groups in total. The van der Waals surface area contributed by atoms with Gasteiger partial charge >= 0.3 is 5.97 Å². The molecule has 0 saturated heterocycles. The highest BCUT2D eigenvalue weighted by Crippen LogP contribution is 2.37. The lowest BCUT2D eigenvalue weighted by Gasteiger charge is -2.13. The summed E-state index contributed by atoms with van der Waals surface area (Å²) in [7, 11) is 2.90. The van der Waals surface area contributed by atoms with Crippen molar-refractivity contribution >= 4 is 46.8 Å². The second kappa shape index (κ2) is 11.4. The number of nitrogens with zero attached hydrogens (tertiary/aromatic N) is 1. The molecule has 3 aromatic rings. The summed E-state index contributed by atoms with van der Waals surface area (Å²) in [5.74, 6) is -0.556. The van der Waals surface area contributed by atoms with Crippen LogP contribution >= 0.6 is 23.2 Å². The van der Waals surface area contributed by atoms with E-state index in [2.05, 4.69) is 5.32 Å². The van der Waals surface area contributed by atoms with E-state index in [1.165, 1.54) is 32.4 Å². The number of aryl methyl sites for hydroxylation is 1. The van der Waals surface area contributed by atoms with Crippen molar-refractivity contribution in [2.45, 2.75) is 6.92 Å². The molecule has 0 heterocycles. The van der Waals surface area contributed by atoms with Crippen LogP contribution in [-0.4, -0.2) is 26.1 Å². The van der Waals surface area contributed by atoms with Gasteiger partial charge in [0.05, 0.1) is 35.5 Å². The third-order valence-electron chi connectivity index (χ3n) is 4.91. The number of para-hydroxylation sites is 1. The summed E-state index contributed by atoms with van der Waals surface area (Å²) in [6.45, 7) is 1.79. The van der Waals surface area contributed by atoms with E-state index in [-0.39, 0.29) is 27.7 Å². The van der Waals surface area contributed by atoms with Crippen molar-refractivity contribution in [3.05, 3.63) is 86.9 Å². The van der Waals surface area contributed by atoms with Gasteiger partial charge in [-0.25, -0.2) is 4.79 Å². The summed E-state index contributed by atoms with van der Waals surface area (Å²) in [5, 5.41) is 12.6. The van der Waals surface area contributed by atoms with Crippen LogP contribution in [0.15, 0.2) is 60.2 Å². The molecule has 0 spiro atoms. The lowest BCUT2D eigenvalue weighted by Crippen LogP contribution is -2.14. The fourth-order valence-electron chi connectivity index (χ4n) is 3.09. The number of benzene rings is 3. The van der Waals surface area contributed by atoms with Crippen LogP contribution < -0.4 is 19.5 Å². The standard InChI is InChI=1S/C26H20Cl2N2O5/c1-15-5-4-6-20(27)23(15)30-25(31)18(14-29)11-16-12-21(28)24(22(13-16)34-3)35-26(32)17-7-9-19(33-2)10-8-17/h4-13H,1-3H3,(H,30,31)/b18-11+. The topological polar surface area (TPSA) is 97.7 Å². The summed E-state index contributed by atoms with van der Waals surface area (Å²) < 4.78 is 15.9. The maximum absolute atomic E-state index is 12.7. The summed E-state index contributed by atoms with van der Waals surface area (Å²) in [5.41, 5.74) is 1.64. The Hall–Kier alpha value is -3.99. The van der Waals surface area contributed by atoms with Gasteiger partial charge in [0, 0.05) is 0 Å². The first-order valence-electron chi connectivity index (χ1n) is 10.2. The number of carbonyl (C=O) groups is 2. The summed E-state index contributed by atoms with van der Waals surface area (Å²) in [6, 6.07) is 16.4. The van der Waals surface area contributed by atoms with E-state index in [1.807, 2.05) is 6.07 Å². The molecule has 3 rings (SSSR count). The minimum absolute atomic E-state index is 0.00165. The normalized spacial score (nSPS) is 10.8. The van der Waals surface area contributed by atoms with Crippen LogP contribution in [0.25, 0.3) is 6.08 Å². The Balaban J connectivity index is 1.87. The van der Waals surface area contributed by atoms with Gasteiger partial charge in [0.2, 0.25) is 0 Å². The zero-order valence-corrected chi connectivity index (χ0v) is 20.5. The van der Waals surface area contributed by atoms with Crippen LogP contribution in [-0.2, 0) is 4.79 Å². The van der Waals surface area contributed by atoms with Gasteiger partial charge < -0.3 is 19.5 Å². The van der Waals surface area contributed by atoms with Crippen LogP contribution in [0.4, 0.5) is 5.69 Å². The number of esters is 1. The number of halogens is 2. The number of hydrogen-bond acceptors (Lipinski definition) is 6. The molecular weight excluding hydrogens is 491 g/mol. The Morgan fingerprint density at radius 1 is 1.00 bits per heavy atom. The molecule has 1 amide bonds. The molecule has 0 fully saturated rings. The van der Waals surface area contributed by atoms with E-state index in [1.54, 1.807) is 49.4 Å². The van der Waals surface area contributed by atoms with Gasteiger partial charge in [0.25, 0.3) is 5.91 Å². The molecule has 3 aromatic carbocycles. The first-order chi connectivity index (χ1) is 16.8. The van der Waals surface area contributed by atoms with Gasteiger partial charge in [0.15, 0.2) is 11.5 Å². The second-order valence-electron chi connectivity index (χ2n) is 7.21. The van der Waals surface area contributed by atoms with E-state index in [9.17, 15) is 14.9 Å². The first kappa shape index (κ1) is 25.6. The highest BCUT2D eigenvalue weighted by Gasteiger charge is 2.19. The number of ether oxygens (including phenoxy) is 3. The predicted octanol–water partition coefficient (Wildman–Crippen LogP) is 6.08. The molecule has 35 heavy (non-hydrogen) atoms. The minimum Gasteiger partial charge on any atom is -0.497 e. The van der Waals surface area contributed by atoms with Gasteiger partial charge in [-0.1, -0.05) is 35.3 Å². The highest BCUT2D eigenvalue weighted by atomic mass is 35.5. The molecule has 0 aliphatic heterocycles. The Morgan fingerprint density at radius 3 is 2.31 bits per heavy atom. The second-order valence-corrected chi connectivity index (χ2v) is 8.02. The third kappa shape index (κ3) is 6.12. The Bertz CT molecular complexity index is 1320. The Kier molecular flexibility index (Phi) is 8.37. The van der Waals surface area contributed by atoms with Gasteiger partial charge in [-0.05, 0) is 66.6 Å². The fraction of sp³-hybridized carbons (Fsp3) is 0.115. The lowest BCUT2D eigenvalue weighted by molar-refractivity contribution is -0.112. The number of methoxy groups -OCH3 is 2. The smallest absolute Gasteiger partial charge is 0.343 e. The van der Waals surface area contributed by atoms with Gasteiger partial charge in [-0.15, -0.1) is 0 Å². The molecule has 178 valence electrons. The average molecular weight is 511 g/mol. The number of rotatable bonds is 7. The molecule has 0 aliphatic rings. The highest BCUT2D eigenvalue weighted by molar-refractivity contribution is 6.34. The zero-order chi connectivity index (χ0) is 25.5. The lowest BCUT2D eigenvalue weighted by atomic mass is 10.1. The van der Waals surface area contributed by atoms with Crippen LogP contribution in [0, 0.1) is 18.3 Å². The number of anilines is 1.